The van der Waals surface area contributed by atoms with Gasteiger partial charge in [0, 0.05) is 5.69 Å². The number of aryl methyl sites for hydroxylation is 1. The van der Waals surface area contributed by atoms with E-state index in [0.717, 1.165) is 10.7 Å². The Bertz CT molecular complexity index is 364. The van der Waals surface area contributed by atoms with Gasteiger partial charge in [0.05, 0.1) is 11.7 Å². The van der Waals surface area contributed by atoms with Crippen LogP contribution in [0.1, 0.15) is 5.56 Å². The van der Waals surface area contributed by atoms with Gasteiger partial charge in [-0.2, -0.15) is 0 Å². The molecule has 1 N–H and O–H groups in total. The Morgan fingerprint density at radius 3 is 2.62 bits per heavy atom. The highest BCUT2D eigenvalue weighted by Gasteiger charge is 1.94. The number of nitrogens with zero attached hydrogens (tertiary/aromatic N) is 1. The van der Waals surface area contributed by atoms with Crippen molar-refractivity contribution in [3.63, 3.8) is 0 Å². The summed E-state index contributed by atoms with van der Waals surface area (Å²) >= 11 is 1.60. The van der Waals surface area contributed by atoms with Gasteiger partial charge in [-0.3, -0.25) is 4.98 Å². The third kappa shape index (κ3) is 2.06. The summed E-state index contributed by atoms with van der Waals surface area (Å²) in [5.41, 5.74) is 4.20. The van der Waals surface area contributed by atoms with Crippen LogP contribution in [-0.4, -0.2) is 4.98 Å². The Kier molecular flexibility index (Phi) is 2.27. The van der Waals surface area contributed by atoms with Crippen LogP contribution in [-0.2, 0) is 0 Å². The summed E-state index contributed by atoms with van der Waals surface area (Å²) in [7, 11) is 0. The quantitative estimate of drug-likeness (QED) is 0.786. The van der Waals surface area contributed by atoms with Crippen molar-refractivity contribution >= 4 is 22.0 Å². The first-order chi connectivity index (χ1) is 6.34. The average molecular weight is 190 g/mol. The van der Waals surface area contributed by atoms with Crippen molar-refractivity contribution in [3.8, 4) is 0 Å². The van der Waals surface area contributed by atoms with Gasteiger partial charge < -0.3 is 5.32 Å². The first kappa shape index (κ1) is 8.26. The van der Waals surface area contributed by atoms with E-state index < -0.39 is 0 Å². The molecule has 0 saturated heterocycles. The molecule has 0 aliphatic rings. The molecule has 1 aromatic heterocycles. The highest BCUT2D eigenvalue weighted by Crippen LogP contribution is 2.19. The standard InChI is InChI=1S/C10H10N2S/c1-8-2-4-9(5-3-8)12-10-6-11-7-13-10/h2-7,12H,1H3. The summed E-state index contributed by atoms with van der Waals surface area (Å²) < 4.78 is 0. The minimum Gasteiger partial charge on any atom is -0.346 e. The van der Waals surface area contributed by atoms with Gasteiger partial charge in [0.1, 0.15) is 5.00 Å². The predicted molar refractivity (Wildman–Crippen MR) is 56.6 cm³/mol. The lowest BCUT2D eigenvalue weighted by Gasteiger charge is -2.02. The topological polar surface area (TPSA) is 24.9 Å². The number of hydrogen-bond donors (Lipinski definition) is 1. The smallest absolute Gasteiger partial charge is 0.113 e. The summed E-state index contributed by atoms with van der Waals surface area (Å²) in [6, 6.07) is 8.30. The molecule has 3 heteroatoms. The summed E-state index contributed by atoms with van der Waals surface area (Å²) in [5.74, 6) is 0. The van der Waals surface area contributed by atoms with E-state index in [1.807, 2.05) is 11.7 Å². The molecule has 2 rings (SSSR count). The molecule has 0 fully saturated rings. The molecule has 0 aliphatic heterocycles. The van der Waals surface area contributed by atoms with E-state index >= 15 is 0 Å². The zero-order chi connectivity index (χ0) is 9.10. The lowest BCUT2D eigenvalue weighted by Crippen LogP contribution is -1.86. The van der Waals surface area contributed by atoms with Crippen LogP contribution < -0.4 is 5.32 Å². The molecule has 0 amide bonds. The van der Waals surface area contributed by atoms with Gasteiger partial charge in [0.25, 0.3) is 0 Å². The lowest BCUT2D eigenvalue weighted by atomic mass is 10.2. The minimum atomic E-state index is 1.07. The fourth-order valence-corrected chi connectivity index (χ4v) is 1.59. The maximum Gasteiger partial charge on any atom is 0.113 e. The molecule has 0 atom stereocenters. The average Bonchev–Trinajstić information content (AvgIpc) is 2.62. The fraction of sp³-hybridized carbons (Fsp3) is 0.100. The van der Waals surface area contributed by atoms with Gasteiger partial charge in [-0.05, 0) is 19.1 Å². The monoisotopic (exact) mass is 190 g/mol. The van der Waals surface area contributed by atoms with Crippen LogP contribution in [0.25, 0.3) is 0 Å². The third-order valence-electron chi connectivity index (χ3n) is 1.75. The zero-order valence-electron chi connectivity index (χ0n) is 7.32. The summed E-state index contributed by atoms with van der Waals surface area (Å²) in [5, 5.41) is 4.34. The molecule has 0 bridgehead atoms. The lowest BCUT2D eigenvalue weighted by molar-refractivity contribution is 1.41. The maximum absolute atomic E-state index is 3.99. The second-order valence-electron chi connectivity index (χ2n) is 2.86. The molecule has 2 nitrogen and oxygen atoms in total. The number of benzene rings is 1. The number of anilines is 2. The van der Waals surface area contributed by atoms with Crippen LogP contribution in [0.5, 0.6) is 0 Å². The molecule has 0 spiro atoms. The number of thiazole rings is 1. The highest BCUT2D eigenvalue weighted by atomic mass is 32.1. The largest absolute Gasteiger partial charge is 0.346 e. The minimum absolute atomic E-state index is 1.07. The summed E-state index contributed by atoms with van der Waals surface area (Å²) in [4.78, 5) is 3.99. The van der Waals surface area contributed by atoms with E-state index in [9.17, 15) is 0 Å². The third-order valence-corrected chi connectivity index (χ3v) is 2.44. The van der Waals surface area contributed by atoms with Crippen molar-refractivity contribution < 1.29 is 0 Å². The second-order valence-corrected chi connectivity index (χ2v) is 3.74. The molecule has 66 valence electrons. The van der Waals surface area contributed by atoms with E-state index in [1.165, 1.54) is 5.56 Å². The van der Waals surface area contributed by atoms with Gasteiger partial charge in [0.15, 0.2) is 0 Å². The van der Waals surface area contributed by atoms with E-state index in [-0.39, 0.29) is 0 Å². The molecular formula is C10H10N2S. The first-order valence-corrected chi connectivity index (χ1v) is 4.95. The number of aromatic nitrogens is 1. The Morgan fingerprint density at radius 2 is 2.00 bits per heavy atom. The Hall–Kier alpha value is -1.35. The zero-order valence-corrected chi connectivity index (χ0v) is 8.14. The van der Waals surface area contributed by atoms with Crippen molar-refractivity contribution in [1.82, 2.24) is 4.98 Å². The molecule has 0 unspecified atom stereocenters. The van der Waals surface area contributed by atoms with E-state index in [2.05, 4.69) is 41.5 Å². The molecule has 0 radical (unpaired) electrons. The molecule has 2 aromatic rings. The molecule has 1 aromatic carbocycles. The molecule has 13 heavy (non-hydrogen) atoms. The molecule has 1 heterocycles. The number of hydrogen-bond acceptors (Lipinski definition) is 3. The molecular weight excluding hydrogens is 180 g/mol. The van der Waals surface area contributed by atoms with Gasteiger partial charge in [0.2, 0.25) is 0 Å². The number of nitrogens with one attached hydrogen (secondary N) is 1. The van der Waals surface area contributed by atoms with Crippen LogP contribution in [0, 0.1) is 6.92 Å². The van der Waals surface area contributed by atoms with Crippen molar-refractivity contribution in [2.24, 2.45) is 0 Å². The SMILES string of the molecule is Cc1ccc(Nc2cncs2)cc1. The van der Waals surface area contributed by atoms with Gasteiger partial charge in [-0.15, -0.1) is 11.3 Å². The van der Waals surface area contributed by atoms with E-state index in [4.69, 9.17) is 0 Å². The Labute approximate surface area is 81.3 Å². The summed E-state index contributed by atoms with van der Waals surface area (Å²) in [6.45, 7) is 2.08. The molecule has 0 saturated carbocycles. The van der Waals surface area contributed by atoms with Crippen molar-refractivity contribution in [2.45, 2.75) is 6.92 Å². The maximum atomic E-state index is 3.99. The normalized spacial score (nSPS) is 9.92. The molecule has 0 aliphatic carbocycles. The fourth-order valence-electron chi connectivity index (χ4n) is 1.06. The van der Waals surface area contributed by atoms with Crippen molar-refractivity contribution in [1.29, 1.82) is 0 Å². The number of rotatable bonds is 2. The van der Waals surface area contributed by atoms with Crippen molar-refractivity contribution in [3.05, 3.63) is 41.5 Å². The second kappa shape index (κ2) is 3.58. The van der Waals surface area contributed by atoms with Crippen LogP contribution in [0.3, 0.4) is 0 Å². The summed E-state index contributed by atoms with van der Waals surface area (Å²) in [6.07, 6.45) is 1.82. The van der Waals surface area contributed by atoms with E-state index in [0.29, 0.717) is 0 Å². The van der Waals surface area contributed by atoms with Gasteiger partial charge in [-0.1, -0.05) is 17.7 Å². The Balaban J connectivity index is 2.15. The van der Waals surface area contributed by atoms with Crippen LogP contribution in [0.4, 0.5) is 10.7 Å². The van der Waals surface area contributed by atoms with Gasteiger partial charge in [-0.25, -0.2) is 0 Å². The van der Waals surface area contributed by atoms with Crippen molar-refractivity contribution in [2.75, 3.05) is 5.32 Å². The van der Waals surface area contributed by atoms with Crippen LogP contribution >= 0.6 is 11.3 Å². The first-order valence-electron chi connectivity index (χ1n) is 4.07. The van der Waals surface area contributed by atoms with Crippen LogP contribution in [0.15, 0.2) is 36.0 Å². The van der Waals surface area contributed by atoms with E-state index in [1.54, 1.807) is 11.3 Å². The van der Waals surface area contributed by atoms with Crippen LogP contribution in [0.2, 0.25) is 0 Å². The van der Waals surface area contributed by atoms with Gasteiger partial charge >= 0.3 is 0 Å². The highest BCUT2D eigenvalue weighted by molar-refractivity contribution is 7.13. The predicted octanol–water partition coefficient (Wildman–Crippen LogP) is 3.20. The Morgan fingerprint density at radius 1 is 1.23 bits per heavy atom.